The van der Waals surface area contributed by atoms with Crippen molar-refractivity contribution in [3.63, 3.8) is 0 Å². The summed E-state index contributed by atoms with van der Waals surface area (Å²) in [7, 11) is 0. The number of halogens is 2. The maximum Gasteiger partial charge on any atom is 0.137 e. The fraction of sp³-hybridized carbons (Fsp3) is 0.625. The van der Waals surface area contributed by atoms with E-state index in [0.717, 1.165) is 13.0 Å². The Hall–Kier alpha value is -0.410. The van der Waals surface area contributed by atoms with Crippen molar-refractivity contribution in [2.45, 2.75) is 46.6 Å². The van der Waals surface area contributed by atoms with E-state index in [1.54, 1.807) is 0 Å². The Morgan fingerprint density at radius 1 is 1.26 bits per heavy atom. The molecule has 0 spiro atoms. The molecule has 1 N–H and O–H groups in total. The molecule has 0 heterocycles. The second-order valence-electron chi connectivity index (χ2n) is 6.59. The molecule has 0 aliphatic heterocycles. The largest absolute Gasteiger partial charge is 0.312 e. The number of nitrogens with one attached hydrogen (secondary N) is 1. The minimum Gasteiger partial charge on any atom is -0.312 e. The third-order valence-corrected chi connectivity index (χ3v) is 3.93. The summed E-state index contributed by atoms with van der Waals surface area (Å²) in [5, 5.41) is 3.56. The maximum atomic E-state index is 13.2. The van der Waals surface area contributed by atoms with Crippen LogP contribution >= 0.6 is 15.9 Å². The highest BCUT2D eigenvalue weighted by molar-refractivity contribution is 9.10. The van der Waals surface area contributed by atoms with Crippen molar-refractivity contribution in [1.29, 1.82) is 0 Å². The van der Waals surface area contributed by atoms with E-state index in [9.17, 15) is 4.39 Å². The van der Waals surface area contributed by atoms with Gasteiger partial charge in [-0.05, 0) is 79.2 Å². The number of benzene rings is 1. The van der Waals surface area contributed by atoms with Crippen LogP contribution in [0.15, 0.2) is 22.7 Å². The number of rotatable bonds is 5. The zero-order valence-corrected chi connectivity index (χ0v) is 14.1. The van der Waals surface area contributed by atoms with E-state index in [0.29, 0.717) is 16.3 Å². The van der Waals surface area contributed by atoms with Gasteiger partial charge >= 0.3 is 0 Å². The van der Waals surface area contributed by atoms with Gasteiger partial charge < -0.3 is 5.32 Å². The minimum atomic E-state index is -0.197. The average molecular weight is 330 g/mol. The molecule has 0 saturated carbocycles. The molecule has 108 valence electrons. The molecule has 19 heavy (non-hydrogen) atoms. The lowest BCUT2D eigenvalue weighted by atomic mass is 9.88. The first kappa shape index (κ1) is 16.6. The van der Waals surface area contributed by atoms with Gasteiger partial charge in [0.15, 0.2) is 0 Å². The molecule has 0 fully saturated rings. The van der Waals surface area contributed by atoms with Crippen LogP contribution in [-0.4, -0.2) is 12.1 Å². The third-order valence-electron chi connectivity index (χ3n) is 3.32. The summed E-state index contributed by atoms with van der Waals surface area (Å²) >= 11 is 3.25. The summed E-state index contributed by atoms with van der Waals surface area (Å²) in [6.45, 7) is 12.0. The van der Waals surface area contributed by atoms with Gasteiger partial charge in [0, 0.05) is 5.54 Å². The summed E-state index contributed by atoms with van der Waals surface area (Å²) in [6.07, 6.45) is 0.972. The van der Waals surface area contributed by atoms with Crippen molar-refractivity contribution >= 4 is 15.9 Å². The summed E-state index contributed by atoms with van der Waals surface area (Å²) < 4.78 is 13.8. The van der Waals surface area contributed by atoms with Gasteiger partial charge in [0.05, 0.1) is 4.47 Å². The minimum absolute atomic E-state index is 0.135. The van der Waals surface area contributed by atoms with E-state index < -0.39 is 0 Å². The first-order chi connectivity index (χ1) is 8.69. The van der Waals surface area contributed by atoms with Gasteiger partial charge in [0.2, 0.25) is 0 Å². The lowest BCUT2D eigenvalue weighted by Gasteiger charge is -2.27. The van der Waals surface area contributed by atoms with Crippen molar-refractivity contribution in [3.8, 4) is 0 Å². The van der Waals surface area contributed by atoms with E-state index in [4.69, 9.17) is 0 Å². The predicted octanol–water partition coefficient (Wildman–Crippen LogP) is 4.79. The van der Waals surface area contributed by atoms with Crippen LogP contribution in [0.1, 0.15) is 40.2 Å². The molecule has 0 saturated heterocycles. The summed E-state index contributed by atoms with van der Waals surface area (Å²) in [6, 6.07) is 5.31. The molecule has 1 aromatic rings. The maximum absolute atomic E-state index is 13.2. The molecule has 3 heteroatoms. The van der Waals surface area contributed by atoms with Gasteiger partial charge in [0.1, 0.15) is 5.82 Å². The molecule has 1 nitrogen and oxygen atoms in total. The van der Waals surface area contributed by atoms with Crippen LogP contribution in [-0.2, 0) is 6.42 Å². The van der Waals surface area contributed by atoms with Gasteiger partial charge in [0.25, 0.3) is 0 Å². The molecule has 1 aromatic carbocycles. The standard InChI is InChI=1S/C16H25BrFN/c1-11(2)13(10-19-16(3,4)5)8-12-6-7-15(18)14(17)9-12/h6-7,9,11,13,19H,8,10H2,1-5H3. The van der Waals surface area contributed by atoms with Crippen LogP contribution in [0.2, 0.25) is 0 Å². The Bertz CT molecular complexity index is 410. The second kappa shape index (κ2) is 6.85. The van der Waals surface area contributed by atoms with Gasteiger partial charge in [-0.25, -0.2) is 4.39 Å². The second-order valence-corrected chi connectivity index (χ2v) is 7.44. The molecule has 0 aromatic heterocycles. The lowest BCUT2D eigenvalue weighted by molar-refractivity contribution is 0.312. The Balaban J connectivity index is 2.70. The molecular weight excluding hydrogens is 305 g/mol. The first-order valence-electron chi connectivity index (χ1n) is 6.88. The topological polar surface area (TPSA) is 12.0 Å². The lowest BCUT2D eigenvalue weighted by Crippen LogP contribution is -2.40. The van der Waals surface area contributed by atoms with E-state index in [-0.39, 0.29) is 11.4 Å². The van der Waals surface area contributed by atoms with E-state index in [1.165, 1.54) is 11.6 Å². The quantitative estimate of drug-likeness (QED) is 0.818. The van der Waals surface area contributed by atoms with Crippen LogP contribution in [0.25, 0.3) is 0 Å². The highest BCUT2D eigenvalue weighted by atomic mass is 79.9. The summed E-state index contributed by atoms with van der Waals surface area (Å²) in [5.41, 5.74) is 1.32. The van der Waals surface area contributed by atoms with Crippen molar-refractivity contribution in [1.82, 2.24) is 5.32 Å². The highest BCUT2D eigenvalue weighted by Crippen LogP contribution is 2.22. The number of hydrogen-bond acceptors (Lipinski definition) is 1. The van der Waals surface area contributed by atoms with Crippen molar-refractivity contribution in [3.05, 3.63) is 34.1 Å². The summed E-state index contributed by atoms with van der Waals surface area (Å²) in [5.74, 6) is 0.952. The Morgan fingerprint density at radius 2 is 1.89 bits per heavy atom. The zero-order chi connectivity index (χ0) is 14.6. The molecule has 0 aliphatic carbocycles. The Kier molecular flexibility index (Phi) is 6.00. The fourth-order valence-electron chi connectivity index (χ4n) is 1.95. The molecular formula is C16H25BrFN. The van der Waals surface area contributed by atoms with E-state index in [1.807, 2.05) is 12.1 Å². The average Bonchev–Trinajstić information content (AvgIpc) is 2.27. The smallest absolute Gasteiger partial charge is 0.137 e. The zero-order valence-electron chi connectivity index (χ0n) is 12.6. The van der Waals surface area contributed by atoms with Crippen LogP contribution in [0.4, 0.5) is 4.39 Å². The van der Waals surface area contributed by atoms with Crippen LogP contribution in [0, 0.1) is 17.7 Å². The normalized spacial score (nSPS) is 13.9. The fourth-order valence-corrected chi connectivity index (χ4v) is 2.38. The highest BCUT2D eigenvalue weighted by Gasteiger charge is 2.18. The van der Waals surface area contributed by atoms with Crippen LogP contribution in [0.3, 0.4) is 0 Å². The third kappa shape index (κ3) is 6.05. The van der Waals surface area contributed by atoms with E-state index >= 15 is 0 Å². The predicted molar refractivity (Wildman–Crippen MR) is 83.9 cm³/mol. The molecule has 1 unspecified atom stereocenters. The van der Waals surface area contributed by atoms with Gasteiger partial charge in [-0.2, -0.15) is 0 Å². The monoisotopic (exact) mass is 329 g/mol. The SMILES string of the molecule is CC(C)C(CNC(C)(C)C)Cc1ccc(F)c(Br)c1. The van der Waals surface area contributed by atoms with Crippen molar-refractivity contribution in [2.24, 2.45) is 11.8 Å². The first-order valence-corrected chi connectivity index (χ1v) is 7.67. The molecule has 0 bridgehead atoms. The molecule has 0 aliphatic rings. The molecule has 0 radical (unpaired) electrons. The Morgan fingerprint density at radius 3 is 2.37 bits per heavy atom. The van der Waals surface area contributed by atoms with Gasteiger partial charge in [-0.3, -0.25) is 0 Å². The number of hydrogen-bond donors (Lipinski definition) is 1. The van der Waals surface area contributed by atoms with Crippen molar-refractivity contribution < 1.29 is 4.39 Å². The van der Waals surface area contributed by atoms with Crippen LogP contribution in [0.5, 0.6) is 0 Å². The van der Waals surface area contributed by atoms with Crippen LogP contribution < -0.4 is 5.32 Å². The Labute approximate surface area is 125 Å². The van der Waals surface area contributed by atoms with Gasteiger partial charge in [-0.1, -0.05) is 19.9 Å². The molecule has 0 amide bonds. The van der Waals surface area contributed by atoms with E-state index in [2.05, 4.69) is 55.9 Å². The van der Waals surface area contributed by atoms with Crippen molar-refractivity contribution in [2.75, 3.05) is 6.54 Å². The summed E-state index contributed by atoms with van der Waals surface area (Å²) in [4.78, 5) is 0. The van der Waals surface area contributed by atoms with Gasteiger partial charge in [-0.15, -0.1) is 0 Å². The molecule has 1 atom stereocenters. The molecule has 1 rings (SSSR count).